The van der Waals surface area contributed by atoms with Crippen LogP contribution < -0.4 is 5.46 Å². The van der Waals surface area contributed by atoms with Crippen molar-refractivity contribution in [3.8, 4) is 5.75 Å². The first-order valence-electron chi connectivity index (χ1n) is 9.01. The van der Waals surface area contributed by atoms with Gasteiger partial charge in [0, 0.05) is 0 Å². The van der Waals surface area contributed by atoms with Crippen LogP contribution in [0.3, 0.4) is 0 Å². The third kappa shape index (κ3) is 2.98. The largest absolute Gasteiger partial charge is 0.508 e. The molecular formula is C21H25BO3. The average Bonchev–Trinajstić information content (AvgIpc) is 3.31. The van der Waals surface area contributed by atoms with Gasteiger partial charge in [0.15, 0.2) is 0 Å². The summed E-state index contributed by atoms with van der Waals surface area (Å²) < 4.78 is 12.2. The topological polar surface area (TPSA) is 38.7 Å². The predicted octanol–water partition coefficient (Wildman–Crippen LogP) is 3.96. The Kier molecular flexibility index (Phi) is 3.75. The number of benzene rings is 2. The van der Waals surface area contributed by atoms with Crippen LogP contribution in [0.1, 0.15) is 57.1 Å². The lowest BCUT2D eigenvalue weighted by Crippen LogP contribution is -2.41. The van der Waals surface area contributed by atoms with Crippen molar-refractivity contribution < 1.29 is 14.4 Å². The van der Waals surface area contributed by atoms with Gasteiger partial charge in [-0.25, -0.2) is 0 Å². The van der Waals surface area contributed by atoms with Crippen LogP contribution in [0.5, 0.6) is 5.75 Å². The summed E-state index contributed by atoms with van der Waals surface area (Å²) in [5.41, 5.74) is 3.12. The van der Waals surface area contributed by atoms with Gasteiger partial charge in [-0.05, 0) is 74.7 Å². The van der Waals surface area contributed by atoms with E-state index in [-0.39, 0.29) is 18.3 Å². The summed E-state index contributed by atoms with van der Waals surface area (Å²) in [6, 6.07) is 16.2. The number of hydrogen-bond acceptors (Lipinski definition) is 3. The lowest BCUT2D eigenvalue weighted by atomic mass is 9.78. The van der Waals surface area contributed by atoms with E-state index in [0.717, 1.165) is 5.46 Å². The fourth-order valence-corrected chi connectivity index (χ4v) is 3.53. The molecule has 2 aromatic rings. The summed E-state index contributed by atoms with van der Waals surface area (Å²) in [6.07, 6.45) is 1.17. The van der Waals surface area contributed by atoms with Gasteiger partial charge in [-0.2, -0.15) is 0 Å². The monoisotopic (exact) mass is 336 g/mol. The first-order chi connectivity index (χ1) is 11.8. The Hall–Kier alpha value is -1.78. The first-order valence-corrected chi connectivity index (χ1v) is 9.01. The molecule has 1 saturated carbocycles. The molecule has 1 saturated heterocycles. The van der Waals surface area contributed by atoms with Gasteiger partial charge in [0.2, 0.25) is 0 Å². The van der Waals surface area contributed by atoms with Crippen LogP contribution in [-0.2, 0) is 9.31 Å². The smallest absolute Gasteiger partial charge is 0.494 e. The second-order valence-corrected chi connectivity index (χ2v) is 8.30. The minimum atomic E-state index is -0.309. The van der Waals surface area contributed by atoms with Gasteiger partial charge in [-0.1, -0.05) is 36.4 Å². The van der Waals surface area contributed by atoms with E-state index < -0.39 is 0 Å². The van der Waals surface area contributed by atoms with E-state index in [1.165, 1.54) is 17.5 Å². The van der Waals surface area contributed by atoms with Gasteiger partial charge in [-0.15, -0.1) is 0 Å². The summed E-state index contributed by atoms with van der Waals surface area (Å²) in [5, 5.41) is 9.43. The van der Waals surface area contributed by atoms with Crippen molar-refractivity contribution in [3.63, 3.8) is 0 Å². The molecule has 2 atom stereocenters. The Morgan fingerprint density at radius 3 is 1.72 bits per heavy atom. The Morgan fingerprint density at radius 1 is 0.800 bits per heavy atom. The van der Waals surface area contributed by atoms with E-state index in [1.807, 2.05) is 12.1 Å². The van der Waals surface area contributed by atoms with Crippen LogP contribution in [0.4, 0.5) is 0 Å². The van der Waals surface area contributed by atoms with E-state index in [2.05, 4.69) is 52.0 Å². The van der Waals surface area contributed by atoms with Crippen LogP contribution in [0.15, 0.2) is 48.5 Å². The standard InChI is InChI=1S/C21H25BO3/c1-20(2)21(3,4)25-22(24-20)16-9-5-14(6-10-16)18-13-19(18)15-7-11-17(23)12-8-15/h5-12,18-19,23H,13H2,1-4H3. The highest BCUT2D eigenvalue weighted by atomic mass is 16.7. The average molecular weight is 336 g/mol. The fourth-order valence-electron chi connectivity index (χ4n) is 3.53. The second-order valence-electron chi connectivity index (χ2n) is 8.30. The quantitative estimate of drug-likeness (QED) is 0.862. The molecule has 4 rings (SSSR count). The number of rotatable bonds is 3. The minimum absolute atomic E-state index is 0.300. The van der Waals surface area contributed by atoms with Crippen molar-refractivity contribution in [1.82, 2.24) is 0 Å². The van der Waals surface area contributed by atoms with Gasteiger partial charge in [-0.3, -0.25) is 0 Å². The molecule has 0 radical (unpaired) electrons. The van der Waals surface area contributed by atoms with Crippen molar-refractivity contribution in [2.45, 2.75) is 57.2 Å². The Morgan fingerprint density at radius 2 is 1.24 bits per heavy atom. The van der Waals surface area contributed by atoms with Gasteiger partial charge >= 0.3 is 7.12 Å². The molecule has 0 spiro atoms. The van der Waals surface area contributed by atoms with Crippen LogP contribution in [0.2, 0.25) is 0 Å². The summed E-state index contributed by atoms with van der Waals surface area (Å²) in [5.74, 6) is 1.45. The molecule has 2 unspecified atom stereocenters. The van der Waals surface area contributed by atoms with E-state index in [4.69, 9.17) is 9.31 Å². The van der Waals surface area contributed by atoms with E-state index in [1.54, 1.807) is 12.1 Å². The maximum absolute atomic E-state index is 9.43. The summed E-state index contributed by atoms with van der Waals surface area (Å²) in [4.78, 5) is 0. The molecular weight excluding hydrogens is 311 g/mol. The van der Waals surface area contributed by atoms with Crippen LogP contribution in [-0.4, -0.2) is 23.4 Å². The highest BCUT2D eigenvalue weighted by Gasteiger charge is 2.51. The molecule has 0 aromatic heterocycles. The zero-order chi connectivity index (χ0) is 17.8. The molecule has 1 aliphatic carbocycles. The second kappa shape index (κ2) is 5.62. The summed E-state index contributed by atoms with van der Waals surface area (Å²) >= 11 is 0. The van der Waals surface area contributed by atoms with Gasteiger partial charge in [0.25, 0.3) is 0 Å². The molecule has 25 heavy (non-hydrogen) atoms. The minimum Gasteiger partial charge on any atom is -0.508 e. The lowest BCUT2D eigenvalue weighted by molar-refractivity contribution is 0.00578. The predicted molar refractivity (Wildman–Crippen MR) is 100 cm³/mol. The fraction of sp³-hybridized carbons (Fsp3) is 0.429. The van der Waals surface area contributed by atoms with Crippen LogP contribution in [0.25, 0.3) is 0 Å². The van der Waals surface area contributed by atoms with Crippen molar-refractivity contribution in [2.75, 3.05) is 0 Å². The van der Waals surface area contributed by atoms with E-state index >= 15 is 0 Å². The molecule has 130 valence electrons. The molecule has 4 heteroatoms. The van der Waals surface area contributed by atoms with Crippen molar-refractivity contribution in [1.29, 1.82) is 0 Å². The molecule has 3 nitrogen and oxygen atoms in total. The van der Waals surface area contributed by atoms with E-state index in [9.17, 15) is 5.11 Å². The van der Waals surface area contributed by atoms with Gasteiger partial charge < -0.3 is 14.4 Å². The number of phenolic OH excluding ortho intramolecular Hbond substituents is 1. The molecule has 2 aromatic carbocycles. The molecule has 1 aliphatic heterocycles. The third-order valence-corrected chi connectivity index (χ3v) is 6.00. The molecule has 1 heterocycles. The number of aromatic hydroxyl groups is 1. The highest BCUT2D eigenvalue weighted by Crippen LogP contribution is 2.54. The van der Waals surface area contributed by atoms with Crippen LogP contribution >= 0.6 is 0 Å². The molecule has 0 amide bonds. The van der Waals surface area contributed by atoms with Crippen molar-refractivity contribution in [2.24, 2.45) is 0 Å². The highest BCUT2D eigenvalue weighted by molar-refractivity contribution is 6.62. The van der Waals surface area contributed by atoms with Gasteiger partial charge in [0.05, 0.1) is 11.2 Å². The maximum atomic E-state index is 9.43. The number of hydrogen-bond donors (Lipinski definition) is 1. The van der Waals surface area contributed by atoms with Gasteiger partial charge in [0.1, 0.15) is 5.75 Å². The number of phenols is 1. The molecule has 1 N–H and O–H groups in total. The summed E-state index contributed by atoms with van der Waals surface area (Å²) in [7, 11) is -0.300. The van der Waals surface area contributed by atoms with Crippen molar-refractivity contribution >= 4 is 12.6 Å². The lowest BCUT2D eigenvalue weighted by Gasteiger charge is -2.32. The summed E-state index contributed by atoms with van der Waals surface area (Å²) in [6.45, 7) is 8.31. The Balaban J connectivity index is 1.46. The zero-order valence-corrected chi connectivity index (χ0v) is 15.3. The third-order valence-electron chi connectivity index (χ3n) is 6.00. The Labute approximate surface area is 150 Å². The Bertz CT molecular complexity index is 749. The molecule has 0 bridgehead atoms. The first kappa shape index (κ1) is 16.7. The molecule has 2 aliphatic rings. The molecule has 2 fully saturated rings. The van der Waals surface area contributed by atoms with Crippen molar-refractivity contribution in [3.05, 3.63) is 59.7 Å². The zero-order valence-electron chi connectivity index (χ0n) is 15.3. The normalized spacial score (nSPS) is 26.6. The maximum Gasteiger partial charge on any atom is 0.494 e. The van der Waals surface area contributed by atoms with E-state index in [0.29, 0.717) is 17.6 Å². The van der Waals surface area contributed by atoms with Crippen LogP contribution in [0, 0.1) is 0 Å². The SMILES string of the molecule is CC1(C)OB(c2ccc(C3CC3c3ccc(O)cc3)cc2)OC1(C)C.